The maximum atomic E-state index is 14.4. The van der Waals surface area contributed by atoms with Gasteiger partial charge < -0.3 is 10.3 Å². The molecule has 31 heavy (non-hydrogen) atoms. The molecule has 0 aliphatic heterocycles. The van der Waals surface area contributed by atoms with E-state index in [0.717, 1.165) is 12.3 Å². The standard InChI is InChI=1S/C22H21F3N2O3S/c1-31(29,30)7-6-26-22(28)14-8-13(9-14)19-17-10-16(24)11-18(25)21(17)27-20(19)12-2-4-15(23)5-3-12/h2-5,10-11,13-14,27H,6-9H2,1H3,(H,26,28)/t13-,14-. The predicted octanol–water partition coefficient (Wildman–Crippen LogP) is 3.91. The average molecular weight is 450 g/mol. The van der Waals surface area contributed by atoms with Crippen LogP contribution in [0.25, 0.3) is 22.2 Å². The largest absolute Gasteiger partial charge is 0.355 e. The second kappa shape index (κ2) is 8.03. The number of benzene rings is 2. The van der Waals surface area contributed by atoms with Crippen molar-refractivity contribution in [2.45, 2.75) is 18.8 Å². The molecule has 0 spiro atoms. The SMILES string of the molecule is CS(=O)(=O)CCNC(=O)[C@H]1C[C@H](c2c(-c3ccc(F)cc3)[nH]c3c(F)cc(F)cc32)C1. The minimum absolute atomic E-state index is 0.0448. The van der Waals surface area contributed by atoms with E-state index >= 15 is 0 Å². The fourth-order valence-electron chi connectivity index (χ4n) is 4.08. The lowest BCUT2D eigenvalue weighted by Gasteiger charge is -2.35. The van der Waals surface area contributed by atoms with Crippen molar-refractivity contribution in [3.8, 4) is 11.3 Å². The summed E-state index contributed by atoms with van der Waals surface area (Å²) in [4.78, 5) is 15.3. The zero-order valence-corrected chi connectivity index (χ0v) is 17.5. The summed E-state index contributed by atoms with van der Waals surface area (Å²) in [6, 6.07) is 7.77. The van der Waals surface area contributed by atoms with E-state index in [1.54, 1.807) is 12.1 Å². The summed E-state index contributed by atoms with van der Waals surface area (Å²) >= 11 is 0. The molecule has 1 saturated carbocycles. The lowest BCUT2D eigenvalue weighted by Crippen LogP contribution is -2.39. The Kier molecular flexibility index (Phi) is 5.55. The van der Waals surface area contributed by atoms with E-state index in [0.29, 0.717) is 35.0 Å². The summed E-state index contributed by atoms with van der Waals surface area (Å²) in [7, 11) is -3.17. The van der Waals surface area contributed by atoms with E-state index in [-0.39, 0.29) is 35.6 Å². The lowest BCUT2D eigenvalue weighted by atomic mass is 9.70. The number of aromatic nitrogens is 1. The number of carbonyl (C=O) groups is 1. The van der Waals surface area contributed by atoms with Crippen molar-refractivity contribution in [2.75, 3.05) is 18.6 Å². The molecule has 2 aromatic carbocycles. The number of H-pyrrole nitrogens is 1. The average Bonchev–Trinajstić information content (AvgIpc) is 3.00. The van der Waals surface area contributed by atoms with Gasteiger partial charge in [0.25, 0.3) is 0 Å². The van der Waals surface area contributed by atoms with E-state index in [4.69, 9.17) is 0 Å². The monoisotopic (exact) mass is 450 g/mol. The number of amides is 1. The fraction of sp³-hybridized carbons (Fsp3) is 0.318. The van der Waals surface area contributed by atoms with Crippen molar-refractivity contribution < 1.29 is 26.4 Å². The van der Waals surface area contributed by atoms with Gasteiger partial charge in [0.15, 0.2) is 0 Å². The number of aromatic amines is 1. The number of rotatable bonds is 6. The van der Waals surface area contributed by atoms with Gasteiger partial charge in [0.05, 0.1) is 17.0 Å². The maximum absolute atomic E-state index is 14.4. The Bertz CT molecular complexity index is 1250. The zero-order valence-electron chi connectivity index (χ0n) is 16.7. The molecule has 4 rings (SSSR count). The number of hydrogen-bond donors (Lipinski definition) is 2. The Morgan fingerprint density at radius 2 is 1.77 bits per heavy atom. The molecule has 2 N–H and O–H groups in total. The molecule has 1 heterocycles. The van der Waals surface area contributed by atoms with Crippen LogP contribution in [0.3, 0.4) is 0 Å². The predicted molar refractivity (Wildman–Crippen MR) is 112 cm³/mol. The molecule has 0 radical (unpaired) electrons. The van der Waals surface area contributed by atoms with Gasteiger partial charge in [-0.25, -0.2) is 21.6 Å². The molecule has 3 aromatic rings. The highest BCUT2D eigenvalue weighted by Gasteiger charge is 2.38. The molecule has 0 saturated heterocycles. The van der Waals surface area contributed by atoms with Crippen molar-refractivity contribution in [3.05, 3.63) is 59.4 Å². The molecule has 1 aliphatic rings. The van der Waals surface area contributed by atoms with Gasteiger partial charge >= 0.3 is 0 Å². The van der Waals surface area contributed by atoms with Crippen LogP contribution in [0.2, 0.25) is 0 Å². The normalized spacial score (nSPS) is 18.7. The molecule has 1 amide bonds. The number of halogens is 3. The second-order valence-electron chi connectivity index (χ2n) is 8.02. The number of sulfone groups is 1. The van der Waals surface area contributed by atoms with Crippen molar-refractivity contribution in [1.29, 1.82) is 0 Å². The number of carbonyl (C=O) groups excluding carboxylic acids is 1. The van der Waals surface area contributed by atoms with E-state index in [2.05, 4.69) is 10.3 Å². The van der Waals surface area contributed by atoms with Crippen LogP contribution in [0.4, 0.5) is 13.2 Å². The summed E-state index contributed by atoms with van der Waals surface area (Å²) in [5.41, 5.74) is 2.06. The lowest BCUT2D eigenvalue weighted by molar-refractivity contribution is -0.127. The molecular formula is C22H21F3N2O3S. The summed E-state index contributed by atoms with van der Waals surface area (Å²) < 4.78 is 64.1. The van der Waals surface area contributed by atoms with Crippen LogP contribution in [-0.4, -0.2) is 37.9 Å². The highest BCUT2D eigenvalue weighted by atomic mass is 32.2. The number of nitrogens with one attached hydrogen (secondary N) is 2. The quantitative estimate of drug-likeness (QED) is 0.598. The van der Waals surface area contributed by atoms with Gasteiger partial charge in [0.1, 0.15) is 27.3 Å². The van der Waals surface area contributed by atoms with Crippen LogP contribution in [-0.2, 0) is 14.6 Å². The van der Waals surface area contributed by atoms with Crippen LogP contribution in [0.5, 0.6) is 0 Å². The van der Waals surface area contributed by atoms with Gasteiger partial charge in [-0.1, -0.05) is 0 Å². The Hall–Kier alpha value is -2.81. The Labute approximate surface area is 177 Å². The van der Waals surface area contributed by atoms with Crippen LogP contribution < -0.4 is 5.32 Å². The molecule has 0 bridgehead atoms. The number of hydrogen-bond acceptors (Lipinski definition) is 3. The van der Waals surface area contributed by atoms with Crippen molar-refractivity contribution >= 4 is 26.6 Å². The zero-order chi connectivity index (χ0) is 22.3. The topological polar surface area (TPSA) is 79.0 Å². The summed E-state index contributed by atoms with van der Waals surface area (Å²) in [6.45, 7) is 0.0448. The molecule has 0 atom stereocenters. The van der Waals surface area contributed by atoms with Gasteiger partial charge in [-0.2, -0.15) is 0 Å². The van der Waals surface area contributed by atoms with Crippen molar-refractivity contribution in [2.24, 2.45) is 5.92 Å². The second-order valence-corrected chi connectivity index (χ2v) is 10.3. The molecule has 164 valence electrons. The highest BCUT2D eigenvalue weighted by Crippen LogP contribution is 2.48. The van der Waals surface area contributed by atoms with Gasteiger partial charge in [0, 0.05) is 30.2 Å². The van der Waals surface area contributed by atoms with Crippen molar-refractivity contribution in [1.82, 2.24) is 10.3 Å². The van der Waals surface area contributed by atoms with Crippen LogP contribution in [0.1, 0.15) is 24.3 Å². The van der Waals surface area contributed by atoms with E-state index in [9.17, 15) is 26.4 Å². The summed E-state index contributed by atoms with van der Waals surface area (Å²) in [5, 5.41) is 3.03. The van der Waals surface area contributed by atoms with E-state index in [1.165, 1.54) is 18.2 Å². The van der Waals surface area contributed by atoms with Gasteiger partial charge in [-0.05, 0) is 60.2 Å². The fourth-order valence-corrected chi connectivity index (χ4v) is 4.55. The molecule has 5 nitrogen and oxygen atoms in total. The summed E-state index contributed by atoms with van der Waals surface area (Å²) in [6.07, 6.45) is 2.03. The molecule has 1 aromatic heterocycles. The third-order valence-electron chi connectivity index (χ3n) is 5.69. The van der Waals surface area contributed by atoms with Crippen molar-refractivity contribution in [3.63, 3.8) is 0 Å². The Morgan fingerprint density at radius 3 is 2.42 bits per heavy atom. The highest BCUT2D eigenvalue weighted by molar-refractivity contribution is 7.90. The minimum atomic E-state index is -3.17. The molecule has 9 heteroatoms. The third kappa shape index (κ3) is 4.46. The van der Waals surface area contributed by atoms with Crippen LogP contribution >= 0.6 is 0 Å². The molecular weight excluding hydrogens is 429 g/mol. The van der Waals surface area contributed by atoms with Gasteiger partial charge in [-0.3, -0.25) is 4.79 Å². The van der Waals surface area contributed by atoms with Crippen LogP contribution in [0, 0.1) is 23.4 Å². The maximum Gasteiger partial charge on any atom is 0.223 e. The smallest absolute Gasteiger partial charge is 0.223 e. The first-order valence-electron chi connectivity index (χ1n) is 9.84. The Balaban J connectivity index is 1.61. The summed E-state index contributed by atoms with van der Waals surface area (Å²) in [5.74, 6) is -2.64. The Morgan fingerprint density at radius 1 is 1.10 bits per heavy atom. The first-order chi connectivity index (χ1) is 14.6. The van der Waals surface area contributed by atoms with Gasteiger partial charge in [-0.15, -0.1) is 0 Å². The van der Waals surface area contributed by atoms with Gasteiger partial charge in [0.2, 0.25) is 5.91 Å². The first kappa shape index (κ1) is 21.4. The molecule has 1 aliphatic carbocycles. The molecule has 0 unspecified atom stereocenters. The van der Waals surface area contributed by atoms with Crippen LogP contribution in [0.15, 0.2) is 36.4 Å². The first-order valence-corrected chi connectivity index (χ1v) is 11.9. The third-order valence-corrected chi connectivity index (χ3v) is 6.63. The minimum Gasteiger partial charge on any atom is -0.355 e. The van der Waals surface area contributed by atoms with E-state index < -0.39 is 27.3 Å². The molecule has 1 fully saturated rings. The van der Waals surface area contributed by atoms with E-state index in [1.807, 2.05) is 0 Å². The number of fused-ring (bicyclic) bond motifs is 1.